The van der Waals surface area contributed by atoms with Gasteiger partial charge in [0, 0.05) is 18.3 Å². The number of anilines is 1. The number of hydrogen-bond donors (Lipinski definition) is 2. The SMILES string of the molecule is CCOc1cc(C)nc(NCC(O)c2ccccc2)n1. The van der Waals surface area contributed by atoms with Gasteiger partial charge < -0.3 is 15.2 Å². The average Bonchev–Trinajstić information content (AvgIpc) is 2.45. The van der Waals surface area contributed by atoms with Crippen molar-refractivity contribution < 1.29 is 9.84 Å². The molecule has 20 heavy (non-hydrogen) atoms. The van der Waals surface area contributed by atoms with Gasteiger partial charge in [-0.25, -0.2) is 4.98 Å². The molecule has 106 valence electrons. The summed E-state index contributed by atoms with van der Waals surface area (Å²) >= 11 is 0. The van der Waals surface area contributed by atoms with E-state index in [1.807, 2.05) is 44.2 Å². The third-order valence-corrected chi connectivity index (χ3v) is 2.76. The van der Waals surface area contributed by atoms with Crippen molar-refractivity contribution >= 4 is 5.95 Å². The Morgan fingerprint density at radius 1 is 1.25 bits per heavy atom. The summed E-state index contributed by atoms with van der Waals surface area (Å²) in [6, 6.07) is 11.3. The Balaban J connectivity index is 2.00. The molecule has 2 N–H and O–H groups in total. The summed E-state index contributed by atoms with van der Waals surface area (Å²) < 4.78 is 5.37. The lowest BCUT2D eigenvalue weighted by Gasteiger charge is -2.13. The largest absolute Gasteiger partial charge is 0.478 e. The van der Waals surface area contributed by atoms with Crippen molar-refractivity contribution in [3.8, 4) is 5.88 Å². The number of rotatable bonds is 6. The molecule has 0 radical (unpaired) electrons. The van der Waals surface area contributed by atoms with Gasteiger partial charge in [0.25, 0.3) is 0 Å². The molecule has 0 fully saturated rings. The number of aliphatic hydroxyl groups excluding tert-OH is 1. The highest BCUT2D eigenvalue weighted by Crippen LogP contribution is 2.15. The van der Waals surface area contributed by atoms with Crippen molar-refractivity contribution in [1.29, 1.82) is 0 Å². The summed E-state index contributed by atoms with van der Waals surface area (Å²) in [6.07, 6.45) is -0.601. The lowest BCUT2D eigenvalue weighted by molar-refractivity contribution is 0.191. The fourth-order valence-electron chi connectivity index (χ4n) is 1.82. The van der Waals surface area contributed by atoms with Crippen LogP contribution in [-0.2, 0) is 0 Å². The molecule has 1 heterocycles. The summed E-state index contributed by atoms with van der Waals surface area (Å²) in [6.45, 7) is 4.69. The molecule has 0 amide bonds. The van der Waals surface area contributed by atoms with Crippen molar-refractivity contribution in [2.45, 2.75) is 20.0 Å². The number of nitrogens with one attached hydrogen (secondary N) is 1. The fraction of sp³-hybridized carbons (Fsp3) is 0.333. The van der Waals surface area contributed by atoms with E-state index in [1.165, 1.54) is 0 Å². The van der Waals surface area contributed by atoms with Crippen molar-refractivity contribution in [3.63, 3.8) is 0 Å². The quantitative estimate of drug-likeness (QED) is 0.845. The van der Waals surface area contributed by atoms with E-state index in [1.54, 1.807) is 6.07 Å². The molecule has 0 aliphatic carbocycles. The van der Waals surface area contributed by atoms with Gasteiger partial charge >= 0.3 is 0 Å². The van der Waals surface area contributed by atoms with E-state index < -0.39 is 6.10 Å². The highest BCUT2D eigenvalue weighted by molar-refractivity contribution is 5.31. The number of aliphatic hydroxyl groups is 1. The minimum atomic E-state index is -0.601. The van der Waals surface area contributed by atoms with Gasteiger partial charge in [-0.1, -0.05) is 30.3 Å². The first-order valence-corrected chi connectivity index (χ1v) is 6.64. The first-order valence-electron chi connectivity index (χ1n) is 6.64. The smallest absolute Gasteiger partial charge is 0.226 e. The van der Waals surface area contributed by atoms with E-state index in [0.717, 1.165) is 11.3 Å². The monoisotopic (exact) mass is 273 g/mol. The van der Waals surface area contributed by atoms with Gasteiger partial charge in [0.15, 0.2) is 0 Å². The van der Waals surface area contributed by atoms with Gasteiger partial charge in [-0.15, -0.1) is 0 Å². The van der Waals surface area contributed by atoms with Crippen LogP contribution in [0.1, 0.15) is 24.3 Å². The molecule has 1 unspecified atom stereocenters. The lowest BCUT2D eigenvalue weighted by Crippen LogP contribution is -2.14. The zero-order valence-electron chi connectivity index (χ0n) is 11.7. The molecule has 1 atom stereocenters. The number of benzene rings is 1. The van der Waals surface area contributed by atoms with Crippen LogP contribution >= 0.6 is 0 Å². The zero-order valence-corrected chi connectivity index (χ0v) is 11.7. The van der Waals surface area contributed by atoms with Crippen molar-refractivity contribution in [2.24, 2.45) is 0 Å². The lowest BCUT2D eigenvalue weighted by atomic mass is 10.1. The molecule has 0 spiro atoms. The standard InChI is InChI=1S/C15H19N3O2/c1-3-20-14-9-11(2)17-15(18-14)16-10-13(19)12-7-5-4-6-8-12/h4-9,13,19H,3,10H2,1-2H3,(H,16,17,18). The molecule has 2 aromatic rings. The Labute approximate surface area is 118 Å². The van der Waals surface area contributed by atoms with Gasteiger partial charge in [-0.3, -0.25) is 0 Å². The van der Waals surface area contributed by atoms with E-state index in [0.29, 0.717) is 25.0 Å². The van der Waals surface area contributed by atoms with E-state index in [9.17, 15) is 5.11 Å². The second-order valence-electron chi connectivity index (χ2n) is 4.41. The second-order valence-corrected chi connectivity index (χ2v) is 4.41. The molecule has 0 saturated heterocycles. The summed E-state index contributed by atoms with van der Waals surface area (Å²) in [5.41, 5.74) is 1.68. The minimum absolute atomic E-state index is 0.346. The number of nitrogens with zero attached hydrogens (tertiary/aromatic N) is 2. The fourth-order valence-corrected chi connectivity index (χ4v) is 1.82. The topological polar surface area (TPSA) is 67.3 Å². The first kappa shape index (κ1) is 14.3. The summed E-state index contributed by atoms with van der Waals surface area (Å²) in [5, 5.41) is 13.1. The average molecular weight is 273 g/mol. The van der Waals surface area contributed by atoms with E-state index >= 15 is 0 Å². The third kappa shape index (κ3) is 3.93. The maximum Gasteiger partial charge on any atom is 0.226 e. The van der Waals surface area contributed by atoms with Crippen molar-refractivity contribution in [3.05, 3.63) is 47.7 Å². The van der Waals surface area contributed by atoms with E-state index in [4.69, 9.17) is 4.74 Å². The Bertz CT molecular complexity index is 546. The van der Waals surface area contributed by atoms with Crippen LogP contribution in [0.5, 0.6) is 5.88 Å². The number of hydrogen-bond acceptors (Lipinski definition) is 5. The Morgan fingerprint density at radius 3 is 2.70 bits per heavy atom. The van der Waals surface area contributed by atoms with Crippen LogP contribution in [0.4, 0.5) is 5.95 Å². The molecule has 0 saturated carbocycles. The maximum atomic E-state index is 10.1. The van der Waals surface area contributed by atoms with Gasteiger partial charge in [0.1, 0.15) is 0 Å². The minimum Gasteiger partial charge on any atom is -0.478 e. The number of ether oxygens (including phenoxy) is 1. The molecule has 0 aliphatic rings. The predicted molar refractivity (Wildman–Crippen MR) is 77.8 cm³/mol. The van der Waals surface area contributed by atoms with Gasteiger partial charge in [-0.05, 0) is 19.4 Å². The van der Waals surface area contributed by atoms with Crippen LogP contribution in [0.25, 0.3) is 0 Å². The van der Waals surface area contributed by atoms with Crippen molar-refractivity contribution in [1.82, 2.24) is 9.97 Å². The molecule has 0 aliphatic heterocycles. The Morgan fingerprint density at radius 2 is 2.00 bits per heavy atom. The molecular formula is C15H19N3O2. The highest BCUT2D eigenvalue weighted by Gasteiger charge is 2.08. The van der Waals surface area contributed by atoms with Crippen LogP contribution in [0.2, 0.25) is 0 Å². The summed E-state index contributed by atoms with van der Waals surface area (Å²) in [4.78, 5) is 8.50. The van der Waals surface area contributed by atoms with E-state index in [2.05, 4.69) is 15.3 Å². The van der Waals surface area contributed by atoms with Crippen LogP contribution in [0, 0.1) is 6.92 Å². The van der Waals surface area contributed by atoms with Gasteiger partial charge in [0.05, 0.1) is 12.7 Å². The maximum absolute atomic E-state index is 10.1. The molecule has 5 heteroatoms. The molecular weight excluding hydrogens is 254 g/mol. The highest BCUT2D eigenvalue weighted by atomic mass is 16.5. The number of aryl methyl sites for hydroxylation is 1. The first-order chi connectivity index (χ1) is 9.69. The van der Waals surface area contributed by atoms with E-state index in [-0.39, 0.29) is 0 Å². The van der Waals surface area contributed by atoms with Gasteiger partial charge in [-0.2, -0.15) is 4.98 Å². The Kier molecular flexibility index (Phi) is 4.90. The zero-order chi connectivity index (χ0) is 14.4. The molecule has 0 bridgehead atoms. The van der Waals surface area contributed by atoms with Crippen LogP contribution in [0.15, 0.2) is 36.4 Å². The second kappa shape index (κ2) is 6.86. The molecule has 1 aromatic carbocycles. The van der Waals surface area contributed by atoms with Crippen molar-refractivity contribution in [2.75, 3.05) is 18.5 Å². The van der Waals surface area contributed by atoms with Crippen LogP contribution in [0.3, 0.4) is 0 Å². The number of aromatic nitrogens is 2. The molecule has 1 aromatic heterocycles. The summed E-state index contributed by atoms with van der Waals surface area (Å²) in [7, 11) is 0. The summed E-state index contributed by atoms with van der Waals surface area (Å²) in [5.74, 6) is 1.00. The molecule has 5 nitrogen and oxygen atoms in total. The van der Waals surface area contributed by atoms with Gasteiger partial charge in [0.2, 0.25) is 11.8 Å². The Hall–Kier alpha value is -2.14. The van der Waals surface area contributed by atoms with Crippen LogP contribution < -0.4 is 10.1 Å². The third-order valence-electron chi connectivity index (χ3n) is 2.76. The normalized spacial score (nSPS) is 11.9. The predicted octanol–water partition coefficient (Wildman–Crippen LogP) is 2.33. The van der Waals surface area contributed by atoms with Crippen LogP contribution in [-0.4, -0.2) is 28.2 Å². The molecule has 2 rings (SSSR count).